The molecule has 0 aliphatic rings. The van der Waals surface area contributed by atoms with E-state index in [0.29, 0.717) is 47.0 Å². The van der Waals surface area contributed by atoms with Crippen molar-refractivity contribution < 1.29 is 14.2 Å². The second-order valence-corrected chi connectivity index (χ2v) is 8.91. The minimum atomic E-state index is 0.154. The lowest BCUT2D eigenvalue weighted by molar-refractivity contribution is 0.391. The minimum Gasteiger partial charge on any atom is -0.494 e. The number of anilines is 1. The molecule has 3 aromatic heterocycles. The van der Waals surface area contributed by atoms with E-state index in [0.717, 1.165) is 11.4 Å². The topological polar surface area (TPSA) is 109 Å². The molecule has 35 heavy (non-hydrogen) atoms. The third-order valence-corrected chi connectivity index (χ3v) is 5.98. The highest BCUT2D eigenvalue weighted by Gasteiger charge is 2.24. The van der Waals surface area contributed by atoms with Crippen LogP contribution in [0.2, 0.25) is 0 Å². The van der Waals surface area contributed by atoms with Crippen LogP contribution in [0.25, 0.3) is 17.2 Å². The molecular formula is C24H27N7O3S. The van der Waals surface area contributed by atoms with E-state index in [1.54, 1.807) is 27.4 Å². The third kappa shape index (κ3) is 5.46. The van der Waals surface area contributed by atoms with Gasteiger partial charge in [0.1, 0.15) is 28.7 Å². The molecule has 182 valence electrons. The van der Waals surface area contributed by atoms with Gasteiger partial charge < -0.3 is 14.2 Å². The average Bonchev–Trinajstić information content (AvgIpc) is 3.31. The molecule has 4 aromatic rings. The zero-order chi connectivity index (χ0) is 24.8. The lowest BCUT2D eigenvalue weighted by Crippen LogP contribution is -2.11. The van der Waals surface area contributed by atoms with E-state index >= 15 is 0 Å². The van der Waals surface area contributed by atoms with Crippen LogP contribution in [0.5, 0.6) is 17.4 Å². The summed E-state index contributed by atoms with van der Waals surface area (Å²) in [4.78, 5) is 13.4. The Labute approximate surface area is 208 Å². The van der Waals surface area contributed by atoms with Crippen LogP contribution in [-0.2, 0) is 6.42 Å². The van der Waals surface area contributed by atoms with Gasteiger partial charge in [0.25, 0.3) is 0 Å². The van der Waals surface area contributed by atoms with Crippen LogP contribution in [0.4, 0.5) is 5.95 Å². The monoisotopic (exact) mass is 493 g/mol. The van der Waals surface area contributed by atoms with Gasteiger partial charge in [0.2, 0.25) is 11.8 Å². The molecule has 0 spiro atoms. The van der Waals surface area contributed by atoms with E-state index in [2.05, 4.69) is 36.8 Å². The highest BCUT2D eigenvalue weighted by Crippen LogP contribution is 2.38. The molecule has 0 saturated carbocycles. The maximum atomic E-state index is 5.66. The Morgan fingerprint density at radius 3 is 2.29 bits per heavy atom. The summed E-state index contributed by atoms with van der Waals surface area (Å²) in [6.07, 6.45) is 4.34. The fourth-order valence-electron chi connectivity index (χ4n) is 3.41. The first-order chi connectivity index (χ1) is 17.0. The predicted octanol–water partition coefficient (Wildman–Crippen LogP) is 4.14. The number of nitrogens with one attached hydrogen (secondary N) is 1. The summed E-state index contributed by atoms with van der Waals surface area (Å²) in [7, 11) is 4.79. The standard InChI is InChI=1S/C24H27N7O3S/c1-15-13-25-20(26-14-15)12-16(2)35-30-24-29-28-23(17-8-6-11-21(27-17)34-5)31(24)22-18(32-3)9-7-10-19(22)33-4/h6-11,13-14,16H,12H2,1-5H3,(H,29,30). The van der Waals surface area contributed by atoms with Gasteiger partial charge in [0.15, 0.2) is 5.82 Å². The van der Waals surface area contributed by atoms with Gasteiger partial charge in [0.05, 0.1) is 21.3 Å². The Morgan fingerprint density at radius 1 is 0.943 bits per heavy atom. The fraction of sp³-hybridized carbons (Fsp3) is 0.292. The Kier molecular flexibility index (Phi) is 7.66. The van der Waals surface area contributed by atoms with Crippen molar-refractivity contribution in [2.75, 3.05) is 26.1 Å². The van der Waals surface area contributed by atoms with Gasteiger partial charge in [-0.15, -0.1) is 10.2 Å². The summed E-state index contributed by atoms with van der Waals surface area (Å²) in [6, 6.07) is 11.0. The molecule has 0 aliphatic carbocycles. The van der Waals surface area contributed by atoms with E-state index in [9.17, 15) is 0 Å². The van der Waals surface area contributed by atoms with Crippen LogP contribution in [0.3, 0.4) is 0 Å². The lowest BCUT2D eigenvalue weighted by atomic mass is 10.2. The molecule has 1 N–H and O–H groups in total. The average molecular weight is 494 g/mol. The first-order valence-corrected chi connectivity index (χ1v) is 11.8. The number of benzene rings is 1. The maximum absolute atomic E-state index is 5.66. The van der Waals surface area contributed by atoms with Gasteiger partial charge >= 0.3 is 0 Å². The van der Waals surface area contributed by atoms with Crippen molar-refractivity contribution in [1.29, 1.82) is 0 Å². The molecule has 0 radical (unpaired) electrons. The van der Waals surface area contributed by atoms with Gasteiger partial charge in [-0.1, -0.05) is 19.1 Å². The van der Waals surface area contributed by atoms with Crippen LogP contribution < -0.4 is 18.9 Å². The summed E-state index contributed by atoms with van der Waals surface area (Å²) in [5, 5.41) is 9.02. The molecule has 0 saturated heterocycles. The van der Waals surface area contributed by atoms with Gasteiger partial charge in [-0.25, -0.2) is 15.0 Å². The second kappa shape index (κ2) is 11.0. The number of hydrogen-bond acceptors (Lipinski definition) is 10. The molecule has 3 heterocycles. The van der Waals surface area contributed by atoms with Crippen LogP contribution in [0.15, 0.2) is 48.8 Å². The van der Waals surface area contributed by atoms with Crippen LogP contribution in [0, 0.1) is 6.92 Å². The number of rotatable bonds is 10. The molecule has 0 amide bonds. The number of aromatic nitrogens is 6. The van der Waals surface area contributed by atoms with E-state index in [4.69, 9.17) is 14.2 Å². The fourth-order valence-corrected chi connectivity index (χ4v) is 4.08. The SMILES string of the molecule is COc1cccc(-c2nnc(NSC(C)Cc3ncc(C)cn3)n2-c2c(OC)cccc2OC)n1. The Balaban J connectivity index is 1.71. The summed E-state index contributed by atoms with van der Waals surface area (Å²) >= 11 is 1.50. The molecule has 1 unspecified atom stereocenters. The lowest BCUT2D eigenvalue weighted by Gasteiger charge is -2.18. The highest BCUT2D eigenvalue weighted by atomic mass is 32.2. The number of methoxy groups -OCH3 is 3. The first kappa shape index (κ1) is 24.3. The molecule has 1 atom stereocenters. The molecule has 0 aliphatic heterocycles. The maximum Gasteiger partial charge on any atom is 0.239 e. The normalized spacial score (nSPS) is 11.7. The van der Waals surface area contributed by atoms with Gasteiger partial charge in [-0.3, -0.25) is 9.29 Å². The number of aryl methyl sites for hydroxylation is 1. The second-order valence-electron chi connectivity index (χ2n) is 7.67. The van der Waals surface area contributed by atoms with E-state index in [1.807, 2.05) is 54.2 Å². The van der Waals surface area contributed by atoms with Crippen molar-refractivity contribution in [2.24, 2.45) is 0 Å². The number of nitrogens with zero attached hydrogens (tertiary/aromatic N) is 6. The number of pyridine rings is 1. The largest absolute Gasteiger partial charge is 0.494 e. The van der Waals surface area contributed by atoms with Gasteiger partial charge in [0, 0.05) is 30.1 Å². The molecule has 0 bridgehead atoms. The number of ether oxygens (including phenoxy) is 3. The van der Waals surface area contributed by atoms with E-state index in [-0.39, 0.29) is 5.25 Å². The zero-order valence-corrected chi connectivity index (χ0v) is 21.0. The molecule has 1 aromatic carbocycles. The summed E-state index contributed by atoms with van der Waals surface area (Å²) in [5.74, 6) is 3.45. The number of hydrogen-bond donors (Lipinski definition) is 1. The zero-order valence-electron chi connectivity index (χ0n) is 20.2. The van der Waals surface area contributed by atoms with Crippen molar-refractivity contribution in [3.8, 4) is 34.6 Å². The van der Waals surface area contributed by atoms with Crippen LogP contribution in [0.1, 0.15) is 18.3 Å². The quantitative estimate of drug-likeness (QED) is 0.324. The minimum absolute atomic E-state index is 0.154. The molecule has 4 rings (SSSR count). The van der Waals surface area contributed by atoms with Crippen LogP contribution in [-0.4, -0.2) is 56.3 Å². The summed E-state index contributed by atoms with van der Waals surface area (Å²) < 4.78 is 21.8. The molecule has 11 heteroatoms. The highest BCUT2D eigenvalue weighted by molar-refractivity contribution is 8.01. The Hall–Kier alpha value is -3.86. The van der Waals surface area contributed by atoms with Crippen molar-refractivity contribution >= 4 is 17.9 Å². The molecule has 0 fully saturated rings. The number of para-hydroxylation sites is 1. The Bertz CT molecular complexity index is 1260. The van der Waals surface area contributed by atoms with Crippen molar-refractivity contribution in [3.63, 3.8) is 0 Å². The van der Waals surface area contributed by atoms with Crippen molar-refractivity contribution in [2.45, 2.75) is 25.5 Å². The first-order valence-electron chi connectivity index (χ1n) is 10.9. The van der Waals surface area contributed by atoms with Gasteiger partial charge in [-0.05, 0) is 42.6 Å². The van der Waals surface area contributed by atoms with E-state index in [1.165, 1.54) is 11.9 Å². The molecular weight excluding hydrogens is 466 g/mol. The summed E-state index contributed by atoms with van der Waals surface area (Å²) in [6.45, 7) is 4.06. The van der Waals surface area contributed by atoms with E-state index < -0.39 is 0 Å². The van der Waals surface area contributed by atoms with Crippen molar-refractivity contribution in [1.82, 2.24) is 29.7 Å². The van der Waals surface area contributed by atoms with Crippen molar-refractivity contribution in [3.05, 3.63) is 60.2 Å². The predicted molar refractivity (Wildman–Crippen MR) is 135 cm³/mol. The smallest absolute Gasteiger partial charge is 0.239 e. The Morgan fingerprint density at radius 2 is 1.63 bits per heavy atom. The van der Waals surface area contributed by atoms with Gasteiger partial charge in [-0.2, -0.15) is 0 Å². The van der Waals surface area contributed by atoms with Crippen LogP contribution >= 0.6 is 11.9 Å². The third-order valence-electron chi connectivity index (χ3n) is 5.11. The molecule has 10 nitrogen and oxygen atoms in total. The summed E-state index contributed by atoms with van der Waals surface area (Å²) in [5.41, 5.74) is 2.27.